The van der Waals surface area contributed by atoms with E-state index in [1.165, 1.54) is 16.9 Å². The van der Waals surface area contributed by atoms with Gasteiger partial charge < -0.3 is 5.11 Å². The number of nitrogens with zero attached hydrogens (tertiary/aromatic N) is 1. The SMILES string of the molecule is CC(C)(Cc1ccc(Cl)cc1)C(C)(O)c1cncs1. The second kappa shape index (κ2) is 5.23. The van der Waals surface area contributed by atoms with E-state index < -0.39 is 5.60 Å². The van der Waals surface area contributed by atoms with Crippen molar-refractivity contribution in [3.05, 3.63) is 51.4 Å². The number of benzene rings is 1. The molecule has 1 aromatic heterocycles. The van der Waals surface area contributed by atoms with Crippen molar-refractivity contribution in [2.45, 2.75) is 32.8 Å². The molecule has 0 aliphatic carbocycles. The maximum absolute atomic E-state index is 10.9. The lowest BCUT2D eigenvalue weighted by atomic mass is 9.71. The van der Waals surface area contributed by atoms with E-state index >= 15 is 0 Å². The molecule has 0 bridgehead atoms. The van der Waals surface area contributed by atoms with Crippen LogP contribution >= 0.6 is 22.9 Å². The Morgan fingerprint density at radius 2 is 1.84 bits per heavy atom. The highest BCUT2D eigenvalue weighted by molar-refractivity contribution is 7.09. The lowest BCUT2D eigenvalue weighted by molar-refractivity contribution is -0.0542. The average Bonchev–Trinajstić information content (AvgIpc) is 2.86. The van der Waals surface area contributed by atoms with Crippen molar-refractivity contribution >= 4 is 22.9 Å². The van der Waals surface area contributed by atoms with E-state index in [0.29, 0.717) is 0 Å². The summed E-state index contributed by atoms with van der Waals surface area (Å²) in [6, 6.07) is 7.78. The predicted molar refractivity (Wildman–Crippen MR) is 80.6 cm³/mol. The van der Waals surface area contributed by atoms with Gasteiger partial charge in [-0.1, -0.05) is 37.6 Å². The molecule has 0 saturated heterocycles. The zero-order valence-corrected chi connectivity index (χ0v) is 12.9. The van der Waals surface area contributed by atoms with Gasteiger partial charge in [0.1, 0.15) is 5.60 Å². The van der Waals surface area contributed by atoms with Crippen molar-refractivity contribution in [1.29, 1.82) is 0 Å². The molecule has 2 nitrogen and oxygen atoms in total. The molecule has 1 heterocycles. The Balaban J connectivity index is 2.24. The van der Waals surface area contributed by atoms with E-state index in [1.807, 2.05) is 31.2 Å². The smallest absolute Gasteiger partial charge is 0.103 e. The molecule has 2 rings (SSSR count). The molecule has 2 aromatic rings. The summed E-state index contributed by atoms with van der Waals surface area (Å²) in [7, 11) is 0. The Morgan fingerprint density at radius 3 is 2.37 bits per heavy atom. The summed E-state index contributed by atoms with van der Waals surface area (Å²) < 4.78 is 0. The minimum absolute atomic E-state index is 0.298. The van der Waals surface area contributed by atoms with Crippen molar-refractivity contribution in [3.8, 4) is 0 Å². The zero-order valence-electron chi connectivity index (χ0n) is 11.4. The van der Waals surface area contributed by atoms with Crippen LogP contribution in [0, 0.1) is 5.41 Å². The summed E-state index contributed by atoms with van der Waals surface area (Å²) in [5, 5.41) is 11.6. The first-order chi connectivity index (χ1) is 8.83. The zero-order chi connectivity index (χ0) is 14.1. The largest absolute Gasteiger partial charge is 0.384 e. The molecule has 1 N–H and O–H groups in total. The average molecular weight is 296 g/mol. The quantitative estimate of drug-likeness (QED) is 0.913. The topological polar surface area (TPSA) is 33.1 Å². The molecule has 1 atom stereocenters. The van der Waals surface area contributed by atoms with Crippen LogP contribution in [-0.2, 0) is 12.0 Å². The Morgan fingerprint density at radius 1 is 1.21 bits per heavy atom. The fourth-order valence-electron chi connectivity index (χ4n) is 2.07. The van der Waals surface area contributed by atoms with Gasteiger partial charge in [0.05, 0.1) is 10.4 Å². The number of rotatable bonds is 4. The van der Waals surface area contributed by atoms with Crippen molar-refractivity contribution in [1.82, 2.24) is 4.98 Å². The van der Waals surface area contributed by atoms with Gasteiger partial charge in [-0.3, -0.25) is 4.98 Å². The normalized spacial score (nSPS) is 15.2. The highest BCUT2D eigenvalue weighted by atomic mass is 35.5. The number of hydrogen-bond donors (Lipinski definition) is 1. The van der Waals surface area contributed by atoms with Crippen LogP contribution in [0.25, 0.3) is 0 Å². The summed E-state index contributed by atoms with van der Waals surface area (Å²) in [4.78, 5) is 4.96. The molecule has 1 aromatic carbocycles. The molecule has 0 amide bonds. The monoisotopic (exact) mass is 295 g/mol. The molecule has 102 valence electrons. The van der Waals surface area contributed by atoms with Crippen LogP contribution in [0.2, 0.25) is 5.02 Å². The van der Waals surface area contributed by atoms with Gasteiger partial charge in [0, 0.05) is 16.6 Å². The summed E-state index contributed by atoms with van der Waals surface area (Å²) in [6.07, 6.45) is 2.52. The van der Waals surface area contributed by atoms with Gasteiger partial charge in [-0.15, -0.1) is 11.3 Å². The molecule has 0 fully saturated rings. The van der Waals surface area contributed by atoms with Gasteiger partial charge in [0.15, 0.2) is 0 Å². The molecule has 4 heteroatoms. The third-order valence-electron chi connectivity index (χ3n) is 3.79. The highest BCUT2D eigenvalue weighted by Gasteiger charge is 2.41. The summed E-state index contributed by atoms with van der Waals surface area (Å²) in [5.74, 6) is 0. The molecule has 1 unspecified atom stereocenters. The van der Waals surface area contributed by atoms with Gasteiger partial charge in [0.25, 0.3) is 0 Å². The molecule has 0 spiro atoms. The van der Waals surface area contributed by atoms with Crippen LogP contribution in [-0.4, -0.2) is 10.1 Å². The van der Waals surface area contributed by atoms with Gasteiger partial charge in [-0.25, -0.2) is 0 Å². The second-order valence-electron chi connectivity index (χ2n) is 5.63. The van der Waals surface area contributed by atoms with Crippen LogP contribution in [0.3, 0.4) is 0 Å². The molecule has 0 aliphatic rings. The number of hydrogen-bond acceptors (Lipinski definition) is 3. The molecular weight excluding hydrogens is 278 g/mol. The Labute approximate surface area is 123 Å². The predicted octanol–water partition coefficient (Wildman–Crippen LogP) is 4.27. The Hall–Kier alpha value is -0.900. The lowest BCUT2D eigenvalue weighted by Gasteiger charge is -2.39. The van der Waals surface area contributed by atoms with Crippen molar-refractivity contribution < 1.29 is 5.11 Å². The molecule has 0 aliphatic heterocycles. The van der Waals surface area contributed by atoms with Crippen molar-refractivity contribution in [2.24, 2.45) is 5.41 Å². The van der Waals surface area contributed by atoms with Gasteiger partial charge in [-0.05, 0) is 31.0 Å². The van der Waals surface area contributed by atoms with E-state index in [4.69, 9.17) is 11.6 Å². The van der Waals surface area contributed by atoms with Crippen LogP contribution in [0.5, 0.6) is 0 Å². The third kappa shape index (κ3) is 2.99. The first-order valence-corrected chi connectivity index (χ1v) is 7.44. The van der Waals surface area contributed by atoms with E-state index in [1.54, 1.807) is 11.7 Å². The lowest BCUT2D eigenvalue weighted by Crippen LogP contribution is -2.40. The maximum atomic E-state index is 10.9. The standard InChI is InChI=1S/C15H18ClNOS/c1-14(2,8-11-4-6-12(16)7-5-11)15(3,18)13-9-17-10-19-13/h4-7,9-10,18H,8H2,1-3H3. The van der Waals surface area contributed by atoms with Crippen molar-refractivity contribution in [3.63, 3.8) is 0 Å². The number of aliphatic hydroxyl groups is 1. The Bertz CT molecular complexity index is 532. The fourth-order valence-corrected chi connectivity index (χ4v) is 3.06. The molecular formula is C15H18ClNOS. The molecule has 0 saturated carbocycles. The molecule has 0 radical (unpaired) electrons. The minimum Gasteiger partial charge on any atom is -0.384 e. The number of halogens is 1. The first kappa shape index (κ1) is 14.5. The number of thiazole rings is 1. The van der Waals surface area contributed by atoms with E-state index in [9.17, 15) is 5.11 Å². The van der Waals surface area contributed by atoms with Gasteiger partial charge in [-0.2, -0.15) is 0 Å². The third-order valence-corrected chi connectivity index (χ3v) is 5.03. The number of aromatic nitrogens is 1. The summed E-state index contributed by atoms with van der Waals surface area (Å²) in [6.45, 7) is 6.00. The minimum atomic E-state index is -0.909. The van der Waals surface area contributed by atoms with E-state index in [2.05, 4.69) is 18.8 Å². The van der Waals surface area contributed by atoms with Crippen LogP contribution < -0.4 is 0 Å². The van der Waals surface area contributed by atoms with Gasteiger partial charge >= 0.3 is 0 Å². The Kier molecular flexibility index (Phi) is 4.00. The fraction of sp³-hybridized carbons (Fsp3) is 0.400. The maximum Gasteiger partial charge on any atom is 0.103 e. The first-order valence-electron chi connectivity index (χ1n) is 6.19. The highest BCUT2D eigenvalue weighted by Crippen LogP contribution is 2.43. The van der Waals surface area contributed by atoms with Crippen molar-refractivity contribution in [2.75, 3.05) is 0 Å². The van der Waals surface area contributed by atoms with Crippen LogP contribution in [0.4, 0.5) is 0 Å². The van der Waals surface area contributed by atoms with Gasteiger partial charge in [0.2, 0.25) is 0 Å². The molecule has 19 heavy (non-hydrogen) atoms. The van der Waals surface area contributed by atoms with E-state index in [0.717, 1.165) is 16.3 Å². The summed E-state index contributed by atoms with van der Waals surface area (Å²) >= 11 is 7.39. The van der Waals surface area contributed by atoms with E-state index in [-0.39, 0.29) is 5.41 Å². The van der Waals surface area contributed by atoms with Crippen LogP contribution in [0.1, 0.15) is 31.2 Å². The summed E-state index contributed by atoms with van der Waals surface area (Å²) in [5.41, 5.74) is 1.71. The second-order valence-corrected chi connectivity index (χ2v) is 6.95. The van der Waals surface area contributed by atoms with Crippen LogP contribution in [0.15, 0.2) is 36.0 Å².